The molecule has 2 rings (SSSR count). The van der Waals surface area contributed by atoms with Gasteiger partial charge in [0.15, 0.2) is 11.6 Å². The van der Waals surface area contributed by atoms with Crippen LogP contribution in [-0.2, 0) is 0 Å². The Kier molecular flexibility index (Phi) is 2.79. The van der Waals surface area contributed by atoms with Crippen LogP contribution in [-0.4, -0.2) is 30.6 Å². The lowest BCUT2D eigenvalue weighted by Crippen LogP contribution is -2.16. The fourth-order valence-corrected chi connectivity index (χ4v) is 1.30. The van der Waals surface area contributed by atoms with Crippen LogP contribution < -0.4 is 11.5 Å². The summed E-state index contributed by atoms with van der Waals surface area (Å²) in [5.74, 6) is 0.362. The van der Waals surface area contributed by atoms with E-state index in [0.29, 0.717) is 11.6 Å². The summed E-state index contributed by atoms with van der Waals surface area (Å²) in [6, 6.07) is -0.282. The Bertz CT molecular complexity index is 531. The molecule has 1 amide bonds. The molecule has 2 aromatic heterocycles. The van der Waals surface area contributed by atoms with E-state index in [1.807, 2.05) is 0 Å². The van der Waals surface area contributed by atoms with Crippen molar-refractivity contribution in [3.8, 4) is 5.82 Å². The Labute approximate surface area is 96.7 Å². The first-order valence-corrected chi connectivity index (χ1v) is 4.87. The maximum absolute atomic E-state index is 10.8. The lowest BCUT2D eigenvalue weighted by Gasteiger charge is -2.06. The molecule has 0 bridgehead atoms. The number of hydrogen-bond acceptors (Lipinski definition) is 6. The maximum Gasteiger partial charge on any atom is 0.268 e. The third kappa shape index (κ3) is 2.11. The van der Waals surface area contributed by atoms with Crippen LogP contribution in [0.25, 0.3) is 5.82 Å². The zero-order valence-corrected chi connectivity index (χ0v) is 9.11. The smallest absolute Gasteiger partial charge is 0.268 e. The largest absolute Gasteiger partial charge is 0.364 e. The quantitative estimate of drug-likeness (QED) is 0.713. The first-order valence-electron chi connectivity index (χ1n) is 4.87. The van der Waals surface area contributed by atoms with Crippen molar-refractivity contribution in [2.24, 2.45) is 11.5 Å². The van der Waals surface area contributed by atoms with Crippen LogP contribution in [0.15, 0.2) is 18.7 Å². The van der Waals surface area contributed by atoms with Crippen molar-refractivity contribution in [1.29, 1.82) is 0 Å². The third-order valence-corrected chi connectivity index (χ3v) is 2.09. The average Bonchev–Trinajstić information content (AvgIpc) is 2.78. The summed E-state index contributed by atoms with van der Waals surface area (Å²) in [6.45, 7) is 1.78. The zero-order valence-electron chi connectivity index (χ0n) is 9.11. The van der Waals surface area contributed by atoms with Crippen LogP contribution in [0.5, 0.6) is 0 Å². The summed E-state index contributed by atoms with van der Waals surface area (Å²) in [5.41, 5.74) is 10.9. The number of carbonyl (C=O) groups is 1. The summed E-state index contributed by atoms with van der Waals surface area (Å²) in [5, 5.41) is 3.99. The molecule has 1 atom stereocenters. The predicted molar refractivity (Wildman–Crippen MR) is 58.1 cm³/mol. The van der Waals surface area contributed by atoms with Crippen molar-refractivity contribution in [2.75, 3.05) is 0 Å². The van der Waals surface area contributed by atoms with Crippen molar-refractivity contribution in [2.45, 2.75) is 13.0 Å². The fraction of sp³-hybridized carbons (Fsp3) is 0.222. The van der Waals surface area contributed by atoms with E-state index >= 15 is 0 Å². The lowest BCUT2D eigenvalue weighted by atomic mass is 10.3. The highest BCUT2D eigenvalue weighted by Gasteiger charge is 2.12. The van der Waals surface area contributed by atoms with E-state index in [1.54, 1.807) is 6.92 Å². The van der Waals surface area contributed by atoms with Crippen molar-refractivity contribution in [3.05, 3.63) is 30.2 Å². The van der Waals surface area contributed by atoms with E-state index < -0.39 is 5.91 Å². The molecule has 0 spiro atoms. The van der Waals surface area contributed by atoms with Crippen molar-refractivity contribution in [3.63, 3.8) is 0 Å². The molecular formula is C9H11N7O. The lowest BCUT2D eigenvalue weighted by molar-refractivity contribution is 0.0995. The molecule has 2 aromatic rings. The average molecular weight is 233 g/mol. The number of carbonyl (C=O) groups excluding carboxylic acids is 1. The van der Waals surface area contributed by atoms with Gasteiger partial charge in [-0.1, -0.05) is 0 Å². The van der Waals surface area contributed by atoms with Gasteiger partial charge in [-0.05, 0) is 6.92 Å². The molecule has 2 heterocycles. The maximum atomic E-state index is 10.8. The number of amides is 1. The summed E-state index contributed by atoms with van der Waals surface area (Å²) in [6.07, 6.45) is 4.05. The van der Waals surface area contributed by atoms with Crippen LogP contribution in [0, 0.1) is 0 Å². The molecule has 4 N–H and O–H groups in total. The SMILES string of the molecule is CC(N)c1ncnn1-c1cnc(C(N)=O)cn1. The molecular weight excluding hydrogens is 222 g/mol. The minimum atomic E-state index is -0.630. The second-order valence-corrected chi connectivity index (χ2v) is 3.44. The van der Waals surface area contributed by atoms with Crippen LogP contribution in [0.3, 0.4) is 0 Å². The van der Waals surface area contributed by atoms with E-state index in [4.69, 9.17) is 11.5 Å². The summed E-state index contributed by atoms with van der Waals surface area (Å²) in [7, 11) is 0. The van der Waals surface area contributed by atoms with E-state index in [1.165, 1.54) is 23.4 Å². The normalized spacial score (nSPS) is 12.4. The highest BCUT2D eigenvalue weighted by atomic mass is 16.1. The van der Waals surface area contributed by atoms with Gasteiger partial charge in [0.2, 0.25) is 0 Å². The molecule has 0 saturated carbocycles. The molecule has 8 nitrogen and oxygen atoms in total. The molecule has 0 saturated heterocycles. The molecule has 8 heteroatoms. The van der Waals surface area contributed by atoms with Gasteiger partial charge in [0.1, 0.15) is 12.0 Å². The van der Waals surface area contributed by atoms with Gasteiger partial charge in [0.25, 0.3) is 5.91 Å². The number of primary amides is 1. The number of hydrogen-bond donors (Lipinski definition) is 2. The molecule has 0 aliphatic carbocycles. The Morgan fingerprint density at radius 1 is 1.35 bits per heavy atom. The van der Waals surface area contributed by atoms with Crippen molar-refractivity contribution < 1.29 is 4.79 Å². The van der Waals surface area contributed by atoms with Crippen LogP contribution in [0.1, 0.15) is 29.3 Å². The number of rotatable bonds is 3. The monoisotopic (exact) mass is 233 g/mol. The summed E-state index contributed by atoms with van der Waals surface area (Å²) < 4.78 is 1.46. The summed E-state index contributed by atoms with van der Waals surface area (Å²) >= 11 is 0. The minimum Gasteiger partial charge on any atom is -0.364 e. The van der Waals surface area contributed by atoms with E-state index in [9.17, 15) is 4.79 Å². The standard InChI is InChI=1S/C9H11N7O/c1-5(10)9-14-4-15-16(9)7-3-12-6(2-13-7)8(11)17/h2-5H,10H2,1H3,(H2,11,17). The van der Waals surface area contributed by atoms with Crippen LogP contribution in [0.2, 0.25) is 0 Å². The Hall–Kier alpha value is -2.35. The van der Waals surface area contributed by atoms with E-state index in [-0.39, 0.29) is 11.7 Å². The molecule has 0 fully saturated rings. The van der Waals surface area contributed by atoms with Crippen molar-refractivity contribution in [1.82, 2.24) is 24.7 Å². The predicted octanol–water partition coefficient (Wildman–Crippen LogP) is -0.824. The minimum absolute atomic E-state index is 0.0937. The van der Waals surface area contributed by atoms with E-state index in [2.05, 4.69) is 20.1 Å². The number of nitrogens with two attached hydrogens (primary N) is 2. The fourth-order valence-electron chi connectivity index (χ4n) is 1.30. The van der Waals surface area contributed by atoms with Gasteiger partial charge in [0, 0.05) is 0 Å². The van der Waals surface area contributed by atoms with Gasteiger partial charge in [-0.15, -0.1) is 0 Å². The van der Waals surface area contributed by atoms with Gasteiger partial charge < -0.3 is 11.5 Å². The van der Waals surface area contributed by atoms with Gasteiger partial charge in [-0.25, -0.2) is 15.0 Å². The topological polar surface area (TPSA) is 126 Å². The first kappa shape index (κ1) is 11.1. The van der Waals surface area contributed by atoms with Crippen molar-refractivity contribution >= 4 is 5.91 Å². The zero-order chi connectivity index (χ0) is 12.4. The first-order chi connectivity index (χ1) is 8.09. The second-order valence-electron chi connectivity index (χ2n) is 3.44. The molecule has 0 radical (unpaired) electrons. The van der Waals surface area contributed by atoms with Crippen LogP contribution in [0.4, 0.5) is 0 Å². The molecule has 0 aromatic carbocycles. The second kappa shape index (κ2) is 4.26. The number of aromatic nitrogens is 5. The van der Waals surface area contributed by atoms with Gasteiger partial charge >= 0.3 is 0 Å². The molecule has 0 aliphatic heterocycles. The van der Waals surface area contributed by atoms with Gasteiger partial charge in [-0.3, -0.25) is 4.79 Å². The van der Waals surface area contributed by atoms with E-state index in [0.717, 1.165) is 0 Å². The highest BCUT2D eigenvalue weighted by molar-refractivity contribution is 5.90. The third-order valence-electron chi connectivity index (χ3n) is 2.09. The van der Waals surface area contributed by atoms with Gasteiger partial charge in [0.05, 0.1) is 18.4 Å². The van der Waals surface area contributed by atoms with Gasteiger partial charge in [-0.2, -0.15) is 9.78 Å². The molecule has 0 aliphatic rings. The Balaban J connectivity index is 2.40. The Morgan fingerprint density at radius 2 is 2.12 bits per heavy atom. The molecule has 17 heavy (non-hydrogen) atoms. The number of nitrogens with zero attached hydrogens (tertiary/aromatic N) is 5. The molecule has 88 valence electrons. The highest BCUT2D eigenvalue weighted by Crippen LogP contribution is 2.09. The summed E-state index contributed by atoms with van der Waals surface area (Å²) in [4.78, 5) is 22.8. The Morgan fingerprint density at radius 3 is 2.65 bits per heavy atom. The van der Waals surface area contributed by atoms with Crippen LogP contribution >= 0.6 is 0 Å². The molecule has 1 unspecified atom stereocenters.